The van der Waals surface area contributed by atoms with Crippen LogP contribution in [0.25, 0.3) is 0 Å². The zero-order valence-electron chi connectivity index (χ0n) is 22.7. The predicted molar refractivity (Wildman–Crippen MR) is 138 cm³/mol. The molecule has 0 saturated carbocycles. The maximum atomic E-state index is 13.9. The minimum atomic E-state index is -1.05. The second kappa shape index (κ2) is 14.0. The second-order valence-corrected chi connectivity index (χ2v) is 10.4. The number of hydrogen-bond acceptors (Lipinski definition) is 5. The molecule has 8 heteroatoms. The van der Waals surface area contributed by atoms with E-state index in [9.17, 15) is 19.5 Å². The molecule has 0 aliphatic heterocycles. The molecular weight excluding hydrogens is 446 g/mol. The Balaban J connectivity index is 3.46. The van der Waals surface area contributed by atoms with Crippen molar-refractivity contribution < 1.29 is 24.2 Å². The Hall–Kier alpha value is -2.77. The summed E-state index contributed by atoms with van der Waals surface area (Å²) in [7, 11) is 0. The molecule has 0 heterocycles. The largest absolute Gasteiger partial charge is 0.508 e. The average Bonchev–Trinajstić information content (AvgIpc) is 2.74. The third-order valence-corrected chi connectivity index (χ3v) is 5.54. The summed E-state index contributed by atoms with van der Waals surface area (Å²) in [6.07, 6.45) is 2.45. The van der Waals surface area contributed by atoms with Gasteiger partial charge in [-0.25, -0.2) is 4.79 Å². The van der Waals surface area contributed by atoms with Gasteiger partial charge in [0.2, 0.25) is 11.8 Å². The molecule has 0 aliphatic carbocycles. The molecule has 3 amide bonds. The Bertz CT molecular complexity index is 834. The predicted octanol–water partition coefficient (Wildman–Crippen LogP) is 4.92. The molecule has 0 bridgehead atoms. The van der Waals surface area contributed by atoms with Gasteiger partial charge in [-0.05, 0) is 52.5 Å². The Morgan fingerprint density at radius 2 is 1.66 bits per heavy atom. The first-order valence-corrected chi connectivity index (χ1v) is 12.7. The summed E-state index contributed by atoms with van der Waals surface area (Å²) >= 11 is 0. The fourth-order valence-corrected chi connectivity index (χ4v) is 3.82. The third kappa shape index (κ3) is 9.78. The number of alkyl carbamates (subject to hydrolysis) is 1. The summed E-state index contributed by atoms with van der Waals surface area (Å²) in [6.45, 7) is 15.2. The number of nitrogens with one attached hydrogen (secondary N) is 2. The van der Waals surface area contributed by atoms with Gasteiger partial charge in [0, 0.05) is 18.2 Å². The number of nitrogens with zero attached hydrogens (tertiary/aromatic N) is 1. The molecule has 198 valence electrons. The van der Waals surface area contributed by atoms with E-state index in [2.05, 4.69) is 10.6 Å². The number of carbonyl (C=O) groups is 3. The summed E-state index contributed by atoms with van der Waals surface area (Å²) in [6, 6.07) is 4.52. The molecule has 0 spiro atoms. The minimum Gasteiger partial charge on any atom is -0.508 e. The van der Waals surface area contributed by atoms with Gasteiger partial charge < -0.3 is 25.4 Å². The van der Waals surface area contributed by atoms with Gasteiger partial charge in [-0.2, -0.15) is 0 Å². The number of benzene rings is 1. The van der Waals surface area contributed by atoms with Crippen LogP contribution in [0.3, 0.4) is 0 Å². The van der Waals surface area contributed by atoms with E-state index in [0.717, 1.165) is 19.3 Å². The molecule has 0 aliphatic rings. The quantitative estimate of drug-likeness (QED) is 0.385. The molecule has 0 saturated heterocycles. The van der Waals surface area contributed by atoms with Crippen molar-refractivity contribution in [3.05, 3.63) is 29.8 Å². The first-order valence-electron chi connectivity index (χ1n) is 12.7. The van der Waals surface area contributed by atoms with Gasteiger partial charge in [0.1, 0.15) is 23.4 Å². The Kier molecular flexibility index (Phi) is 12.1. The van der Waals surface area contributed by atoms with Crippen molar-refractivity contribution in [2.75, 3.05) is 6.54 Å². The summed E-state index contributed by atoms with van der Waals surface area (Å²) in [5.74, 6) is -1.08. The van der Waals surface area contributed by atoms with Gasteiger partial charge in [0.25, 0.3) is 0 Å². The number of hydrogen-bond donors (Lipinski definition) is 3. The number of unbranched alkanes of at least 4 members (excludes halogenated alkanes) is 1. The summed E-state index contributed by atoms with van der Waals surface area (Å²) in [5.41, 5.74) is -0.373. The van der Waals surface area contributed by atoms with Crippen molar-refractivity contribution in [2.45, 2.75) is 105 Å². The Morgan fingerprint density at radius 3 is 2.17 bits per heavy atom. The first-order chi connectivity index (χ1) is 16.3. The Labute approximate surface area is 210 Å². The van der Waals surface area contributed by atoms with Crippen LogP contribution in [0.4, 0.5) is 4.79 Å². The van der Waals surface area contributed by atoms with Crippen LogP contribution in [-0.2, 0) is 14.3 Å². The van der Waals surface area contributed by atoms with E-state index in [0.29, 0.717) is 18.5 Å². The lowest BCUT2D eigenvalue weighted by atomic mass is 9.97. The molecular formula is C27H45N3O5. The number of aromatic hydroxyl groups is 1. The standard InChI is InChI=1S/C27H45N3O5/c1-9-11-17-30(25(33)22(18(3)4)29-26(34)35-27(6,7)8)23(20-15-12-13-16-21(20)31)24(32)28-19(5)14-10-2/h12-13,15-16,18-19,22-23,31H,9-11,14,17H2,1-8H3,(H,28,32)(H,29,34). The molecule has 35 heavy (non-hydrogen) atoms. The maximum absolute atomic E-state index is 13.9. The highest BCUT2D eigenvalue weighted by Crippen LogP contribution is 2.30. The fraction of sp³-hybridized carbons (Fsp3) is 0.667. The lowest BCUT2D eigenvalue weighted by molar-refractivity contribution is -0.143. The Morgan fingerprint density at radius 1 is 1.03 bits per heavy atom. The fourth-order valence-electron chi connectivity index (χ4n) is 3.82. The molecule has 3 unspecified atom stereocenters. The maximum Gasteiger partial charge on any atom is 0.408 e. The first kappa shape index (κ1) is 30.3. The smallest absolute Gasteiger partial charge is 0.408 e. The number of amides is 3. The minimum absolute atomic E-state index is 0.0636. The van der Waals surface area contributed by atoms with Gasteiger partial charge in [0.15, 0.2) is 0 Å². The lowest BCUT2D eigenvalue weighted by Crippen LogP contribution is -2.55. The summed E-state index contributed by atoms with van der Waals surface area (Å²) in [4.78, 5) is 41.5. The van der Waals surface area contributed by atoms with E-state index in [1.165, 1.54) is 11.0 Å². The number of para-hydroxylation sites is 1. The van der Waals surface area contributed by atoms with Crippen LogP contribution < -0.4 is 10.6 Å². The van der Waals surface area contributed by atoms with Gasteiger partial charge in [0.05, 0.1) is 0 Å². The normalized spacial score (nSPS) is 14.1. The molecule has 0 radical (unpaired) electrons. The van der Waals surface area contributed by atoms with E-state index >= 15 is 0 Å². The third-order valence-electron chi connectivity index (χ3n) is 5.54. The number of phenolic OH excluding ortho intramolecular Hbond substituents is 1. The highest BCUT2D eigenvalue weighted by molar-refractivity contribution is 5.92. The topological polar surface area (TPSA) is 108 Å². The zero-order valence-corrected chi connectivity index (χ0v) is 22.7. The van der Waals surface area contributed by atoms with Crippen molar-refractivity contribution in [3.8, 4) is 5.75 Å². The van der Waals surface area contributed by atoms with Crippen molar-refractivity contribution >= 4 is 17.9 Å². The monoisotopic (exact) mass is 491 g/mol. The molecule has 1 aromatic carbocycles. The van der Waals surface area contributed by atoms with E-state index in [1.807, 2.05) is 34.6 Å². The van der Waals surface area contributed by atoms with Crippen LogP contribution in [0, 0.1) is 5.92 Å². The van der Waals surface area contributed by atoms with Crippen LogP contribution in [-0.4, -0.2) is 52.1 Å². The molecule has 3 atom stereocenters. The van der Waals surface area contributed by atoms with E-state index in [-0.39, 0.29) is 23.6 Å². The van der Waals surface area contributed by atoms with Crippen LogP contribution in [0.15, 0.2) is 24.3 Å². The molecule has 1 rings (SSSR count). The van der Waals surface area contributed by atoms with Gasteiger partial charge in [-0.3, -0.25) is 9.59 Å². The number of carbonyl (C=O) groups excluding carboxylic acids is 3. The van der Waals surface area contributed by atoms with Crippen LogP contribution in [0.1, 0.15) is 92.7 Å². The van der Waals surface area contributed by atoms with Crippen molar-refractivity contribution in [1.82, 2.24) is 15.5 Å². The molecule has 8 nitrogen and oxygen atoms in total. The van der Waals surface area contributed by atoms with Crippen molar-refractivity contribution in [1.29, 1.82) is 0 Å². The van der Waals surface area contributed by atoms with E-state index in [4.69, 9.17) is 4.74 Å². The molecule has 0 fully saturated rings. The number of ether oxygens (including phenoxy) is 1. The van der Waals surface area contributed by atoms with Crippen molar-refractivity contribution in [2.24, 2.45) is 5.92 Å². The number of rotatable bonds is 12. The van der Waals surface area contributed by atoms with Crippen LogP contribution in [0.2, 0.25) is 0 Å². The highest BCUT2D eigenvalue weighted by Gasteiger charge is 2.38. The molecule has 1 aromatic rings. The lowest BCUT2D eigenvalue weighted by Gasteiger charge is -2.36. The zero-order chi connectivity index (χ0) is 26.8. The van der Waals surface area contributed by atoms with Gasteiger partial charge in [-0.1, -0.05) is 58.7 Å². The van der Waals surface area contributed by atoms with Gasteiger partial charge in [-0.15, -0.1) is 0 Å². The van der Waals surface area contributed by atoms with Crippen LogP contribution in [0.5, 0.6) is 5.75 Å². The van der Waals surface area contributed by atoms with E-state index in [1.54, 1.807) is 39.0 Å². The molecule has 3 N–H and O–H groups in total. The summed E-state index contributed by atoms with van der Waals surface area (Å²) < 4.78 is 5.38. The van der Waals surface area contributed by atoms with Crippen LogP contribution >= 0.6 is 0 Å². The van der Waals surface area contributed by atoms with Gasteiger partial charge >= 0.3 is 6.09 Å². The second-order valence-electron chi connectivity index (χ2n) is 10.4. The molecule has 0 aromatic heterocycles. The highest BCUT2D eigenvalue weighted by atomic mass is 16.6. The SMILES string of the molecule is CCCCN(C(=O)C(NC(=O)OC(C)(C)C)C(C)C)C(C(=O)NC(C)CCC)c1ccccc1O. The van der Waals surface area contributed by atoms with Crippen molar-refractivity contribution in [3.63, 3.8) is 0 Å². The summed E-state index contributed by atoms with van der Waals surface area (Å²) in [5, 5.41) is 16.3. The number of phenols is 1. The average molecular weight is 492 g/mol. The van der Waals surface area contributed by atoms with E-state index < -0.39 is 29.7 Å².